The Bertz CT molecular complexity index is 1440. The lowest BCUT2D eigenvalue weighted by atomic mass is 9.97. The second kappa shape index (κ2) is 13.6. The monoisotopic (exact) mass is 608 g/mol. The fourth-order valence-corrected chi connectivity index (χ4v) is 6.32. The number of carbonyl (C=O) groups is 3. The Labute approximate surface area is 256 Å². The number of thioether (sulfide) groups is 1. The van der Waals surface area contributed by atoms with Gasteiger partial charge in [0.05, 0.1) is 11.9 Å². The molecule has 0 bridgehead atoms. The molecule has 3 atom stereocenters. The summed E-state index contributed by atoms with van der Waals surface area (Å²) < 4.78 is -0.588. The third-order valence-corrected chi connectivity index (χ3v) is 9.10. The molecule has 1 saturated heterocycles. The van der Waals surface area contributed by atoms with Crippen LogP contribution in [0.1, 0.15) is 36.1 Å². The maximum atomic E-state index is 13.8. The largest absolute Gasteiger partial charge is 0.381 e. The van der Waals surface area contributed by atoms with Crippen molar-refractivity contribution in [2.75, 3.05) is 11.2 Å². The van der Waals surface area contributed by atoms with Crippen molar-refractivity contribution < 1.29 is 19.5 Å². The molecule has 4 N–H and O–H groups in total. The number of rotatable bonds is 9. The molecular weight excluding hydrogens is 572 g/mol. The van der Waals surface area contributed by atoms with Crippen LogP contribution in [0.25, 0.3) is 0 Å². The summed E-state index contributed by atoms with van der Waals surface area (Å²) in [4.78, 5) is 41.8. The number of nitrogens with one attached hydrogen (secondary N) is 3. The minimum Gasteiger partial charge on any atom is -0.381 e. The Morgan fingerprint density at radius 2 is 1.71 bits per heavy atom. The van der Waals surface area contributed by atoms with Crippen LogP contribution in [0, 0.1) is 13.8 Å². The van der Waals surface area contributed by atoms with E-state index in [9.17, 15) is 19.5 Å². The van der Waals surface area contributed by atoms with Crippen LogP contribution in [0.15, 0.2) is 72.8 Å². The van der Waals surface area contributed by atoms with Crippen LogP contribution in [-0.2, 0) is 22.6 Å². The van der Waals surface area contributed by atoms with Gasteiger partial charge < -0.3 is 26.0 Å². The molecule has 3 aromatic carbocycles. The van der Waals surface area contributed by atoms with Gasteiger partial charge in [-0.15, -0.1) is 11.8 Å². The van der Waals surface area contributed by atoms with Gasteiger partial charge in [-0.3, -0.25) is 9.59 Å². The zero-order valence-corrected chi connectivity index (χ0v) is 25.8. The Balaban J connectivity index is 1.52. The third-order valence-electron chi connectivity index (χ3n) is 7.49. The van der Waals surface area contributed by atoms with Crippen LogP contribution in [0.5, 0.6) is 0 Å². The molecule has 4 rings (SSSR count). The van der Waals surface area contributed by atoms with Gasteiger partial charge >= 0.3 is 6.03 Å². The van der Waals surface area contributed by atoms with E-state index in [1.807, 2.05) is 82.3 Å². The van der Waals surface area contributed by atoms with Crippen LogP contribution in [-0.4, -0.2) is 56.7 Å². The van der Waals surface area contributed by atoms with E-state index in [0.29, 0.717) is 17.3 Å². The number of halogens is 1. The first-order valence-corrected chi connectivity index (χ1v) is 15.1. The van der Waals surface area contributed by atoms with Gasteiger partial charge in [0.15, 0.2) is 6.10 Å². The molecule has 42 heavy (non-hydrogen) atoms. The standard InChI is InChI=1S/C32H37ClN4O4S/c1-20-10-8-9-13-23(20)18-34-29(39)28-32(3,4)42-19-37(28)30(40)27(38)26(16-22-11-6-5-7-12-22)36-31(41)35-25-17-24(33)15-14-21(25)2/h5-15,17,26-28,38H,16,18-19H2,1-4H3,(H,34,39)(H2,35,36,41)/t26-,27-,28+/m0/s1. The number of amides is 4. The number of carbonyl (C=O) groups excluding carboxylic acids is 3. The van der Waals surface area contributed by atoms with E-state index in [1.54, 1.807) is 18.2 Å². The maximum absolute atomic E-state index is 13.8. The van der Waals surface area contributed by atoms with Gasteiger partial charge in [-0.25, -0.2) is 4.79 Å². The van der Waals surface area contributed by atoms with Crippen LogP contribution in [0.4, 0.5) is 10.5 Å². The van der Waals surface area contributed by atoms with Gasteiger partial charge in [-0.2, -0.15) is 0 Å². The second-order valence-electron chi connectivity index (χ2n) is 11.0. The van der Waals surface area contributed by atoms with Gasteiger partial charge in [0.2, 0.25) is 5.91 Å². The zero-order chi connectivity index (χ0) is 30.4. The lowest BCUT2D eigenvalue weighted by Crippen LogP contribution is -2.59. The highest BCUT2D eigenvalue weighted by atomic mass is 35.5. The molecule has 1 aliphatic rings. The number of nitrogens with zero attached hydrogens (tertiary/aromatic N) is 1. The lowest BCUT2D eigenvalue weighted by Gasteiger charge is -2.33. The molecule has 1 fully saturated rings. The molecule has 3 aromatic rings. The number of benzene rings is 3. The molecule has 1 aliphatic heterocycles. The summed E-state index contributed by atoms with van der Waals surface area (Å²) in [5, 5.41) is 20.4. The van der Waals surface area contributed by atoms with Gasteiger partial charge in [-0.05, 0) is 68.5 Å². The minimum atomic E-state index is -1.60. The highest BCUT2D eigenvalue weighted by Gasteiger charge is 2.49. The van der Waals surface area contributed by atoms with Gasteiger partial charge in [0.25, 0.3) is 5.91 Å². The van der Waals surface area contributed by atoms with Crippen molar-refractivity contribution in [3.8, 4) is 0 Å². The minimum absolute atomic E-state index is 0.199. The number of anilines is 1. The predicted molar refractivity (Wildman–Crippen MR) is 168 cm³/mol. The number of hydrogen-bond acceptors (Lipinski definition) is 5. The normalized spacial score (nSPS) is 17.3. The Morgan fingerprint density at radius 3 is 2.43 bits per heavy atom. The molecule has 0 aliphatic carbocycles. The van der Waals surface area contributed by atoms with Crippen molar-refractivity contribution in [2.24, 2.45) is 0 Å². The average Bonchev–Trinajstić information content (AvgIpc) is 3.28. The van der Waals surface area contributed by atoms with Gasteiger partial charge in [0.1, 0.15) is 6.04 Å². The molecule has 10 heteroatoms. The molecule has 0 unspecified atom stereocenters. The first kappa shape index (κ1) is 31.4. The molecule has 1 heterocycles. The van der Waals surface area contributed by atoms with E-state index in [0.717, 1.165) is 22.3 Å². The summed E-state index contributed by atoms with van der Waals surface area (Å²) in [6.07, 6.45) is -1.40. The van der Waals surface area contributed by atoms with E-state index < -0.39 is 34.9 Å². The Kier molecular flexibility index (Phi) is 10.2. The van der Waals surface area contributed by atoms with Crippen LogP contribution in [0.2, 0.25) is 5.02 Å². The highest BCUT2D eigenvalue weighted by Crippen LogP contribution is 2.40. The van der Waals surface area contributed by atoms with E-state index in [-0.39, 0.29) is 18.2 Å². The number of aliphatic hydroxyl groups is 1. The van der Waals surface area contributed by atoms with Crippen molar-refractivity contribution in [3.63, 3.8) is 0 Å². The highest BCUT2D eigenvalue weighted by molar-refractivity contribution is 8.00. The summed E-state index contributed by atoms with van der Waals surface area (Å²) >= 11 is 7.58. The van der Waals surface area contributed by atoms with E-state index in [4.69, 9.17) is 11.6 Å². The molecule has 0 radical (unpaired) electrons. The summed E-state index contributed by atoms with van der Waals surface area (Å²) in [5.74, 6) is -0.683. The first-order chi connectivity index (χ1) is 20.0. The smallest absolute Gasteiger partial charge is 0.319 e. The molecule has 0 aromatic heterocycles. The summed E-state index contributed by atoms with van der Waals surface area (Å²) in [5.41, 5.74) is 4.20. The third kappa shape index (κ3) is 7.65. The van der Waals surface area contributed by atoms with Crippen molar-refractivity contribution in [3.05, 3.63) is 100 Å². The van der Waals surface area contributed by atoms with Crippen molar-refractivity contribution >= 4 is 46.9 Å². The summed E-state index contributed by atoms with van der Waals surface area (Å²) in [6, 6.07) is 19.9. The number of urea groups is 1. The average molecular weight is 609 g/mol. The van der Waals surface area contributed by atoms with Crippen molar-refractivity contribution in [1.29, 1.82) is 0 Å². The molecular formula is C32H37ClN4O4S. The lowest BCUT2D eigenvalue weighted by molar-refractivity contribution is -0.147. The van der Waals surface area contributed by atoms with Crippen LogP contribution >= 0.6 is 23.4 Å². The first-order valence-electron chi connectivity index (χ1n) is 13.8. The fourth-order valence-electron chi connectivity index (χ4n) is 5.01. The molecule has 8 nitrogen and oxygen atoms in total. The SMILES string of the molecule is Cc1ccccc1CNC(=O)[C@H]1N(C(=O)[C@@H](O)[C@H](Cc2ccccc2)NC(=O)Nc2cc(Cl)ccc2C)CSC1(C)C. The predicted octanol–water partition coefficient (Wildman–Crippen LogP) is 5.05. The van der Waals surface area contributed by atoms with E-state index in [1.165, 1.54) is 16.7 Å². The number of hydrogen-bond donors (Lipinski definition) is 4. The number of aryl methyl sites for hydroxylation is 2. The molecule has 4 amide bonds. The maximum Gasteiger partial charge on any atom is 0.319 e. The van der Waals surface area contributed by atoms with Crippen LogP contribution < -0.4 is 16.0 Å². The van der Waals surface area contributed by atoms with E-state index in [2.05, 4.69) is 16.0 Å². The quantitative estimate of drug-likeness (QED) is 0.272. The van der Waals surface area contributed by atoms with Crippen LogP contribution in [0.3, 0.4) is 0 Å². The van der Waals surface area contributed by atoms with Crippen molar-refractivity contribution in [1.82, 2.24) is 15.5 Å². The molecule has 222 valence electrons. The van der Waals surface area contributed by atoms with E-state index >= 15 is 0 Å². The zero-order valence-electron chi connectivity index (χ0n) is 24.2. The molecule has 0 saturated carbocycles. The van der Waals surface area contributed by atoms with Gasteiger partial charge in [0, 0.05) is 22.0 Å². The second-order valence-corrected chi connectivity index (χ2v) is 13.1. The van der Waals surface area contributed by atoms with Gasteiger partial charge in [-0.1, -0.05) is 72.3 Å². The Hall–Kier alpha value is -3.53. The summed E-state index contributed by atoms with van der Waals surface area (Å²) in [7, 11) is 0. The fraction of sp³-hybridized carbons (Fsp3) is 0.344. The summed E-state index contributed by atoms with van der Waals surface area (Å²) in [6.45, 7) is 7.97. The Morgan fingerprint density at radius 1 is 1.02 bits per heavy atom. The molecule has 0 spiro atoms. The topological polar surface area (TPSA) is 111 Å². The van der Waals surface area contributed by atoms with Crippen molar-refractivity contribution in [2.45, 2.75) is 63.6 Å². The number of aliphatic hydroxyl groups excluding tert-OH is 1.